The summed E-state index contributed by atoms with van der Waals surface area (Å²) in [5, 5.41) is 11.8. The van der Waals surface area contributed by atoms with E-state index in [4.69, 9.17) is 16.3 Å². The van der Waals surface area contributed by atoms with Crippen LogP contribution in [0.5, 0.6) is 5.75 Å². The summed E-state index contributed by atoms with van der Waals surface area (Å²) in [6.45, 7) is 0.608. The van der Waals surface area contributed by atoms with E-state index in [1.807, 2.05) is 24.3 Å². The quantitative estimate of drug-likeness (QED) is 0.415. The lowest BCUT2D eigenvalue weighted by molar-refractivity contribution is -0.141. The van der Waals surface area contributed by atoms with Crippen molar-refractivity contribution < 1.29 is 19.4 Å². The van der Waals surface area contributed by atoms with Gasteiger partial charge in [0.05, 0.1) is 18.2 Å². The van der Waals surface area contributed by atoms with Crippen LogP contribution in [0.25, 0.3) is 5.76 Å². The number of amides is 1. The molecule has 1 saturated carbocycles. The number of hydrogen-bond acceptors (Lipinski definition) is 4. The number of likely N-dealkylation sites (tertiary alicyclic amines) is 1. The second-order valence-corrected chi connectivity index (χ2v) is 8.91. The van der Waals surface area contributed by atoms with Gasteiger partial charge in [0.25, 0.3) is 11.7 Å². The Kier molecular flexibility index (Phi) is 5.22. The Morgan fingerprint density at radius 3 is 2.52 bits per heavy atom. The molecule has 6 heteroatoms. The molecule has 5 rings (SSSR count). The van der Waals surface area contributed by atoms with Crippen molar-refractivity contribution in [2.24, 2.45) is 0 Å². The van der Waals surface area contributed by atoms with Gasteiger partial charge in [-0.05, 0) is 54.3 Å². The van der Waals surface area contributed by atoms with E-state index in [0.717, 1.165) is 55.4 Å². The van der Waals surface area contributed by atoms with Gasteiger partial charge in [0.15, 0.2) is 0 Å². The predicted octanol–water partition coefficient (Wildman–Crippen LogP) is 5.03. The van der Waals surface area contributed by atoms with Gasteiger partial charge in [0.1, 0.15) is 11.5 Å². The number of nitrogens with zero attached hydrogens (tertiary/aromatic N) is 1. The van der Waals surface area contributed by atoms with Crippen LogP contribution < -0.4 is 4.74 Å². The molecule has 2 heterocycles. The summed E-state index contributed by atoms with van der Waals surface area (Å²) >= 11 is 6.09. The molecule has 0 radical (unpaired) electrons. The van der Waals surface area contributed by atoms with E-state index < -0.39 is 17.7 Å². The van der Waals surface area contributed by atoms with Gasteiger partial charge in [0, 0.05) is 23.0 Å². The first-order valence-corrected chi connectivity index (χ1v) is 11.2. The summed E-state index contributed by atoms with van der Waals surface area (Å²) in [6.07, 6.45) is 5.70. The number of halogens is 1. The summed E-state index contributed by atoms with van der Waals surface area (Å²) in [5.41, 5.74) is 2.45. The first-order chi connectivity index (χ1) is 15.0. The van der Waals surface area contributed by atoms with Crippen LogP contribution in [-0.2, 0) is 16.0 Å². The van der Waals surface area contributed by atoms with Crippen LogP contribution in [0.3, 0.4) is 0 Å². The first kappa shape index (κ1) is 20.1. The average Bonchev–Trinajstić information content (AvgIpc) is 3.36. The highest BCUT2D eigenvalue weighted by Crippen LogP contribution is 2.43. The lowest BCUT2D eigenvalue weighted by Crippen LogP contribution is -2.40. The smallest absolute Gasteiger partial charge is 0.295 e. The van der Waals surface area contributed by atoms with Crippen molar-refractivity contribution in [3.8, 4) is 5.75 Å². The molecule has 2 fully saturated rings. The topological polar surface area (TPSA) is 66.8 Å². The summed E-state index contributed by atoms with van der Waals surface area (Å²) in [6, 6.07) is 11.9. The second kappa shape index (κ2) is 8.04. The lowest BCUT2D eigenvalue weighted by Gasteiger charge is -2.35. The summed E-state index contributed by atoms with van der Waals surface area (Å²) < 4.78 is 5.56. The lowest BCUT2D eigenvalue weighted by atomic mass is 9.91. The number of hydrogen-bond donors (Lipinski definition) is 1. The Morgan fingerprint density at radius 2 is 1.77 bits per heavy atom. The fourth-order valence-corrected chi connectivity index (χ4v) is 5.17. The van der Waals surface area contributed by atoms with Gasteiger partial charge in [0.2, 0.25) is 0 Å². The van der Waals surface area contributed by atoms with E-state index in [-0.39, 0.29) is 17.4 Å². The van der Waals surface area contributed by atoms with Crippen LogP contribution in [0.2, 0.25) is 5.02 Å². The van der Waals surface area contributed by atoms with Crippen LogP contribution in [0.15, 0.2) is 48.0 Å². The normalized spacial score (nSPS) is 23.1. The molecular weight excluding hydrogens is 414 g/mol. The highest BCUT2D eigenvalue weighted by molar-refractivity contribution is 6.46. The number of ether oxygens (including phenoxy) is 1. The summed E-state index contributed by atoms with van der Waals surface area (Å²) in [7, 11) is 0. The van der Waals surface area contributed by atoms with Gasteiger partial charge in [-0.15, -0.1) is 0 Å². The van der Waals surface area contributed by atoms with E-state index in [9.17, 15) is 14.7 Å². The number of fused-ring (bicyclic) bond motifs is 1. The van der Waals surface area contributed by atoms with E-state index in [1.54, 1.807) is 23.1 Å². The molecule has 1 N–H and O–H groups in total. The summed E-state index contributed by atoms with van der Waals surface area (Å²) in [5.74, 6) is -0.488. The Hall–Kier alpha value is -2.79. The van der Waals surface area contributed by atoms with Crippen LogP contribution >= 0.6 is 11.6 Å². The molecule has 160 valence electrons. The Labute approximate surface area is 186 Å². The Morgan fingerprint density at radius 1 is 1.03 bits per heavy atom. The number of carbonyl (C=O) groups is 2. The van der Waals surface area contributed by atoms with Crippen LogP contribution in [0, 0.1) is 0 Å². The highest BCUT2D eigenvalue weighted by Gasteiger charge is 2.48. The first-order valence-electron chi connectivity index (χ1n) is 10.9. The number of aliphatic hydroxyl groups is 1. The molecule has 1 atom stereocenters. The Balaban J connectivity index is 1.64. The number of ketones is 1. The molecule has 5 nitrogen and oxygen atoms in total. The third-order valence-electron chi connectivity index (χ3n) is 6.60. The van der Waals surface area contributed by atoms with E-state index in [1.165, 1.54) is 0 Å². The Bertz CT molecular complexity index is 1070. The van der Waals surface area contributed by atoms with Gasteiger partial charge in [-0.25, -0.2) is 0 Å². The van der Waals surface area contributed by atoms with Gasteiger partial charge >= 0.3 is 0 Å². The fourth-order valence-electron chi connectivity index (χ4n) is 5.05. The molecule has 31 heavy (non-hydrogen) atoms. The maximum atomic E-state index is 13.2. The van der Waals surface area contributed by atoms with Crippen LogP contribution in [-0.4, -0.2) is 34.3 Å². The molecule has 1 aliphatic carbocycles. The molecule has 2 aliphatic heterocycles. The molecule has 0 spiro atoms. The minimum atomic E-state index is -0.625. The van der Waals surface area contributed by atoms with Crippen LogP contribution in [0.4, 0.5) is 0 Å². The zero-order valence-electron chi connectivity index (χ0n) is 17.1. The van der Waals surface area contributed by atoms with Gasteiger partial charge in [-0.1, -0.05) is 43.0 Å². The SMILES string of the molecule is O=C1C(=O)N(C2CCCCC2)C(c2ccc(Cl)cc2)/C1=C(/O)c1ccc2c(c1)CCO2. The maximum absolute atomic E-state index is 13.2. The van der Waals surface area contributed by atoms with Crippen LogP contribution in [0.1, 0.15) is 54.8 Å². The van der Waals surface area contributed by atoms with Crippen molar-refractivity contribution in [2.45, 2.75) is 50.6 Å². The standard InChI is InChI=1S/C25H24ClNO4/c26-18-9-6-15(7-10-18)22-21(23(28)17-8-11-20-16(14-17)12-13-31-20)24(29)25(30)27(22)19-4-2-1-3-5-19/h6-11,14,19,22,28H,1-5,12-13H2/b23-21-. The monoisotopic (exact) mass is 437 g/mol. The van der Waals surface area contributed by atoms with E-state index >= 15 is 0 Å². The molecule has 1 amide bonds. The zero-order valence-corrected chi connectivity index (χ0v) is 17.9. The fraction of sp³-hybridized carbons (Fsp3) is 0.360. The number of carbonyl (C=O) groups excluding carboxylic acids is 2. The molecule has 0 bridgehead atoms. The largest absolute Gasteiger partial charge is 0.507 e. The number of rotatable bonds is 3. The summed E-state index contributed by atoms with van der Waals surface area (Å²) in [4.78, 5) is 28.1. The van der Waals surface area contributed by atoms with Crippen molar-refractivity contribution in [2.75, 3.05) is 6.61 Å². The van der Waals surface area contributed by atoms with Crippen molar-refractivity contribution >= 4 is 29.1 Å². The third-order valence-corrected chi connectivity index (χ3v) is 6.85. The van der Waals surface area contributed by atoms with Crippen molar-refractivity contribution in [1.29, 1.82) is 0 Å². The minimum absolute atomic E-state index is 0.00963. The highest BCUT2D eigenvalue weighted by atomic mass is 35.5. The minimum Gasteiger partial charge on any atom is -0.507 e. The van der Waals surface area contributed by atoms with E-state index in [2.05, 4.69) is 0 Å². The number of benzene rings is 2. The zero-order chi connectivity index (χ0) is 21.5. The van der Waals surface area contributed by atoms with Crippen molar-refractivity contribution in [3.05, 3.63) is 69.8 Å². The molecule has 0 aromatic heterocycles. The molecule has 2 aromatic carbocycles. The van der Waals surface area contributed by atoms with Gasteiger partial charge in [-0.3, -0.25) is 9.59 Å². The van der Waals surface area contributed by atoms with Crippen molar-refractivity contribution in [1.82, 2.24) is 4.90 Å². The molecule has 1 unspecified atom stereocenters. The number of Topliss-reactive ketones (excluding diaryl/α,β-unsaturated/α-hetero) is 1. The molecule has 2 aromatic rings. The van der Waals surface area contributed by atoms with E-state index in [0.29, 0.717) is 17.2 Å². The van der Waals surface area contributed by atoms with Gasteiger partial charge in [-0.2, -0.15) is 0 Å². The molecule has 1 saturated heterocycles. The molecular formula is C25H24ClNO4. The second-order valence-electron chi connectivity index (χ2n) is 8.47. The third kappa shape index (κ3) is 3.51. The predicted molar refractivity (Wildman–Crippen MR) is 118 cm³/mol. The van der Waals surface area contributed by atoms with Crippen molar-refractivity contribution in [3.63, 3.8) is 0 Å². The van der Waals surface area contributed by atoms with Gasteiger partial charge < -0.3 is 14.7 Å². The molecule has 3 aliphatic rings. The maximum Gasteiger partial charge on any atom is 0.295 e. The average molecular weight is 438 g/mol. The number of aliphatic hydroxyl groups excluding tert-OH is 1.